The number of aryl methyl sites for hydroxylation is 1. The number of nitrogens with two attached hydrogens (primary N) is 1. The predicted molar refractivity (Wildman–Crippen MR) is 79.0 cm³/mol. The molecule has 1 amide bonds. The minimum Gasteiger partial charge on any atom is -0.350 e. The molecule has 20 heavy (non-hydrogen) atoms. The van der Waals surface area contributed by atoms with Crippen LogP contribution in [0.15, 0.2) is 23.1 Å². The topological polar surface area (TPSA) is 89.3 Å². The van der Waals surface area contributed by atoms with E-state index in [0.29, 0.717) is 5.56 Å². The normalized spacial score (nSPS) is 13.0. The Morgan fingerprint density at radius 1 is 1.40 bits per heavy atom. The lowest BCUT2D eigenvalue weighted by Gasteiger charge is -2.15. The second kappa shape index (κ2) is 6.85. The van der Waals surface area contributed by atoms with Gasteiger partial charge in [-0.1, -0.05) is 25.8 Å². The van der Waals surface area contributed by atoms with Gasteiger partial charge >= 0.3 is 0 Å². The van der Waals surface area contributed by atoms with Crippen LogP contribution >= 0.6 is 0 Å². The van der Waals surface area contributed by atoms with Crippen molar-refractivity contribution in [3.63, 3.8) is 0 Å². The highest BCUT2D eigenvalue weighted by Gasteiger charge is 2.16. The first-order valence-electron chi connectivity index (χ1n) is 6.70. The number of hydrogen-bond acceptors (Lipinski definition) is 3. The van der Waals surface area contributed by atoms with Crippen LogP contribution in [0.1, 0.15) is 49.0 Å². The van der Waals surface area contributed by atoms with Crippen molar-refractivity contribution in [1.82, 2.24) is 5.32 Å². The Morgan fingerprint density at radius 3 is 2.60 bits per heavy atom. The highest BCUT2D eigenvalue weighted by Crippen LogP contribution is 2.15. The Bertz CT molecular complexity index is 582. The molecule has 6 heteroatoms. The van der Waals surface area contributed by atoms with Gasteiger partial charge in [-0.2, -0.15) is 0 Å². The lowest BCUT2D eigenvalue weighted by atomic mass is 10.1. The van der Waals surface area contributed by atoms with E-state index in [1.807, 2.05) is 6.92 Å². The number of unbranched alkanes of at least 4 members (excludes halogenated alkanes) is 1. The molecule has 0 aliphatic carbocycles. The number of benzene rings is 1. The van der Waals surface area contributed by atoms with E-state index >= 15 is 0 Å². The average molecular weight is 298 g/mol. The third-order valence-electron chi connectivity index (χ3n) is 3.15. The summed E-state index contributed by atoms with van der Waals surface area (Å²) in [5.74, 6) is -0.267. The van der Waals surface area contributed by atoms with E-state index in [2.05, 4.69) is 12.2 Å². The maximum Gasteiger partial charge on any atom is 0.251 e. The fraction of sp³-hybridized carbons (Fsp3) is 0.500. The summed E-state index contributed by atoms with van der Waals surface area (Å²) in [5, 5.41) is 7.96. The first kappa shape index (κ1) is 16.7. The number of primary sulfonamides is 1. The standard InChI is InChI=1S/C14H22N2O3S/c1-4-5-6-11(3)16-14(17)13-9-12(20(15,18)19)8-7-10(13)2/h7-9,11H,4-6H2,1-3H3,(H,16,17)(H2,15,18,19). The van der Waals surface area contributed by atoms with Gasteiger partial charge in [-0.25, -0.2) is 13.6 Å². The third kappa shape index (κ3) is 4.61. The molecule has 0 bridgehead atoms. The summed E-state index contributed by atoms with van der Waals surface area (Å²) in [5.41, 5.74) is 1.07. The van der Waals surface area contributed by atoms with E-state index < -0.39 is 10.0 Å². The van der Waals surface area contributed by atoms with E-state index in [9.17, 15) is 13.2 Å². The van der Waals surface area contributed by atoms with Crippen molar-refractivity contribution in [2.45, 2.75) is 51.0 Å². The summed E-state index contributed by atoms with van der Waals surface area (Å²) in [6.45, 7) is 5.79. The molecule has 1 atom stereocenters. The number of carbonyl (C=O) groups is 1. The first-order valence-corrected chi connectivity index (χ1v) is 8.24. The number of rotatable bonds is 6. The van der Waals surface area contributed by atoms with Gasteiger partial charge in [0.25, 0.3) is 5.91 Å². The lowest BCUT2D eigenvalue weighted by molar-refractivity contribution is 0.0937. The maximum absolute atomic E-state index is 12.2. The Hall–Kier alpha value is -1.40. The van der Waals surface area contributed by atoms with Gasteiger partial charge in [0.1, 0.15) is 0 Å². The molecule has 0 spiro atoms. The van der Waals surface area contributed by atoms with Crippen LogP contribution in [0.4, 0.5) is 0 Å². The summed E-state index contributed by atoms with van der Waals surface area (Å²) < 4.78 is 22.7. The van der Waals surface area contributed by atoms with Gasteiger partial charge in [-0.15, -0.1) is 0 Å². The van der Waals surface area contributed by atoms with Gasteiger partial charge in [-0.3, -0.25) is 4.79 Å². The Labute approximate surface area is 120 Å². The minimum absolute atomic E-state index is 0.0468. The lowest BCUT2D eigenvalue weighted by Crippen LogP contribution is -2.33. The molecule has 1 aromatic carbocycles. The molecule has 112 valence electrons. The van der Waals surface area contributed by atoms with Crippen LogP contribution in [-0.2, 0) is 10.0 Å². The number of hydrogen-bond donors (Lipinski definition) is 2. The zero-order valence-electron chi connectivity index (χ0n) is 12.1. The van der Waals surface area contributed by atoms with E-state index in [1.54, 1.807) is 13.0 Å². The molecular formula is C14H22N2O3S. The van der Waals surface area contributed by atoms with E-state index in [0.717, 1.165) is 24.8 Å². The van der Waals surface area contributed by atoms with Crippen LogP contribution in [0.3, 0.4) is 0 Å². The first-order chi connectivity index (χ1) is 9.25. The van der Waals surface area contributed by atoms with Crippen LogP contribution < -0.4 is 10.5 Å². The summed E-state index contributed by atoms with van der Waals surface area (Å²) in [6, 6.07) is 4.37. The minimum atomic E-state index is -3.80. The van der Waals surface area contributed by atoms with Crippen molar-refractivity contribution in [1.29, 1.82) is 0 Å². The van der Waals surface area contributed by atoms with Gasteiger partial charge in [0.2, 0.25) is 10.0 Å². The van der Waals surface area contributed by atoms with E-state index in [-0.39, 0.29) is 16.8 Å². The molecule has 0 saturated heterocycles. The van der Waals surface area contributed by atoms with Crippen LogP contribution in [0.25, 0.3) is 0 Å². The highest BCUT2D eigenvalue weighted by atomic mass is 32.2. The smallest absolute Gasteiger partial charge is 0.251 e. The van der Waals surface area contributed by atoms with Crippen LogP contribution in [-0.4, -0.2) is 20.4 Å². The zero-order chi connectivity index (χ0) is 15.3. The second-order valence-corrected chi connectivity index (χ2v) is 6.60. The average Bonchev–Trinajstić information content (AvgIpc) is 2.35. The molecule has 3 N–H and O–H groups in total. The molecular weight excluding hydrogens is 276 g/mol. The van der Waals surface area contributed by atoms with Gasteiger partial charge < -0.3 is 5.32 Å². The molecule has 5 nitrogen and oxygen atoms in total. The molecule has 1 rings (SSSR count). The molecule has 0 radical (unpaired) electrons. The molecule has 1 aromatic rings. The number of carbonyl (C=O) groups excluding carboxylic acids is 1. The molecule has 0 heterocycles. The van der Waals surface area contributed by atoms with Gasteiger partial charge in [0.15, 0.2) is 0 Å². The van der Waals surface area contributed by atoms with E-state index in [1.165, 1.54) is 12.1 Å². The number of amides is 1. The fourth-order valence-corrected chi connectivity index (χ4v) is 2.45. The zero-order valence-corrected chi connectivity index (χ0v) is 13.0. The summed E-state index contributed by atoms with van der Waals surface area (Å²) in [7, 11) is -3.80. The van der Waals surface area contributed by atoms with Crippen molar-refractivity contribution >= 4 is 15.9 Å². The Balaban J connectivity index is 2.93. The van der Waals surface area contributed by atoms with Crippen molar-refractivity contribution < 1.29 is 13.2 Å². The molecule has 0 aromatic heterocycles. The predicted octanol–water partition coefficient (Wildman–Crippen LogP) is 1.95. The number of sulfonamides is 1. The molecule has 0 aliphatic rings. The highest BCUT2D eigenvalue weighted by molar-refractivity contribution is 7.89. The Kier molecular flexibility index (Phi) is 5.71. The van der Waals surface area contributed by atoms with Crippen molar-refractivity contribution in [2.24, 2.45) is 5.14 Å². The maximum atomic E-state index is 12.2. The largest absolute Gasteiger partial charge is 0.350 e. The monoisotopic (exact) mass is 298 g/mol. The third-order valence-corrected chi connectivity index (χ3v) is 4.06. The summed E-state index contributed by atoms with van der Waals surface area (Å²) in [6.07, 6.45) is 3.01. The van der Waals surface area contributed by atoms with Gasteiger partial charge in [-0.05, 0) is 38.0 Å². The Morgan fingerprint density at radius 2 is 2.05 bits per heavy atom. The van der Waals surface area contributed by atoms with E-state index in [4.69, 9.17) is 5.14 Å². The van der Waals surface area contributed by atoms with Crippen LogP contribution in [0.2, 0.25) is 0 Å². The van der Waals surface area contributed by atoms with Crippen molar-refractivity contribution in [3.05, 3.63) is 29.3 Å². The van der Waals surface area contributed by atoms with Crippen LogP contribution in [0, 0.1) is 6.92 Å². The quantitative estimate of drug-likeness (QED) is 0.841. The van der Waals surface area contributed by atoms with Crippen molar-refractivity contribution in [2.75, 3.05) is 0 Å². The molecule has 0 fully saturated rings. The van der Waals surface area contributed by atoms with Gasteiger partial charge in [0.05, 0.1) is 4.90 Å². The second-order valence-electron chi connectivity index (χ2n) is 5.04. The molecule has 0 aliphatic heterocycles. The summed E-state index contributed by atoms with van der Waals surface area (Å²) >= 11 is 0. The molecule has 0 saturated carbocycles. The number of nitrogens with one attached hydrogen (secondary N) is 1. The van der Waals surface area contributed by atoms with Gasteiger partial charge in [0, 0.05) is 11.6 Å². The van der Waals surface area contributed by atoms with Crippen LogP contribution in [0.5, 0.6) is 0 Å². The van der Waals surface area contributed by atoms with Crippen molar-refractivity contribution in [3.8, 4) is 0 Å². The fourth-order valence-electron chi connectivity index (χ4n) is 1.91. The SMILES string of the molecule is CCCCC(C)NC(=O)c1cc(S(N)(=O)=O)ccc1C. The summed E-state index contributed by atoms with van der Waals surface area (Å²) in [4.78, 5) is 12.1. The molecule has 1 unspecified atom stereocenters.